The zero-order chi connectivity index (χ0) is 23.8. The van der Waals surface area contributed by atoms with Crippen LogP contribution in [0, 0.1) is 0 Å². The van der Waals surface area contributed by atoms with E-state index in [4.69, 9.17) is 14.2 Å². The van der Waals surface area contributed by atoms with E-state index < -0.39 is 0 Å². The Balaban J connectivity index is 1.63. The number of ether oxygens (including phenoxy) is 3. The van der Waals surface area contributed by atoms with Gasteiger partial charge in [-0.1, -0.05) is 11.8 Å². The zero-order valence-corrected chi connectivity index (χ0v) is 20.1. The molecule has 0 unspecified atom stereocenters. The van der Waals surface area contributed by atoms with Gasteiger partial charge in [0.1, 0.15) is 5.75 Å². The number of amides is 1. The molecule has 33 heavy (non-hydrogen) atoms. The maximum absolute atomic E-state index is 12.4. The summed E-state index contributed by atoms with van der Waals surface area (Å²) in [6.07, 6.45) is 0. The van der Waals surface area contributed by atoms with Crippen LogP contribution in [0.2, 0.25) is 0 Å². The lowest BCUT2D eigenvalue weighted by atomic mass is 10.1. The van der Waals surface area contributed by atoms with Crippen LogP contribution in [0.15, 0.2) is 52.7 Å². The molecule has 0 bridgehead atoms. The van der Waals surface area contributed by atoms with E-state index in [0.717, 1.165) is 22.7 Å². The monoisotopic (exact) mass is 469 g/mol. The summed E-state index contributed by atoms with van der Waals surface area (Å²) in [5.74, 6) is 2.66. The molecule has 174 valence electrons. The van der Waals surface area contributed by atoms with Gasteiger partial charge in [-0.3, -0.25) is 4.79 Å². The maximum Gasteiger partial charge on any atom is 0.250 e. The van der Waals surface area contributed by atoms with Crippen LogP contribution in [0.25, 0.3) is 11.4 Å². The Hall–Kier alpha value is -3.53. The van der Waals surface area contributed by atoms with Gasteiger partial charge in [0.2, 0.25) is 0 Å². The fourth-order valence-corrected chi connectivity index (χ4v) is 3.86. The molecule has 0 aliphatic heterocycles. The van der Waals surface area contributed by atoms with Gasteiger partial charge in [0.25, 0.3) is 5.91 Å². The minimum absolute atomic E-state index is 0.156. The van der Waals surface area contributed by atoms with E-state index in [0.29, 0.717) is 28.9 Å². The van der Waals surface area contributed by atoms with Crippen molar-refractivity contribution in [2.24, 2.45) is 5.10 Å². The SMILES string of the molecule is CCn1c(SCC(=O)NN=C(C)c2ccc(OC)c(OC)c2)nnc1-c1ccc(OC)cc1. The molecule has 1 N–H and O–H groups in total. The van der Waals surface area contributed by atoms with Crippen molar-refractivity contribution in [2.45, 2.75) is 25.5 Å². The highest BCUT2D eigenvalue weighted by Gasteiger charge is 2.15. The number of hydrogen-bond acceptors (Lipinski definition) is 8. The molecule has 0 spiro atoms. The number of carbonyl (C=O) groups is 1. The molecular weight excluding hydrogens is 442 g/mol. The average molecular weight is 470 g/mol. The summed E-state index contributed by atoms with van der Waals surface area (Å²) >= 11 is 1.31. The summed E-state index contributed by atoms with van der Waals surface area (Å²) in [6, 6.07) is 13.1. The van der Waals surface area contributed by atoms with E-state index in [2.05, 4.69) is 20.7 Å². The van der Waals surface area contributed by atoms with E-state index in [1.807, 2.05) is 54.8 Å². The van der Waals surface area contributed by atoms with Crippen molar-refractivity contribution in [3.63, 3.8) is 0 Å². The number of aromatic nitrogens is 3. The molecule has 0 atom stereocenters. The van der Waals surface area contributed by atoms with E-state index in [1.54, 1.807) is 27.4 Å². The predicted octanol–water partition coefficient (Wildman–Crippen LogP) is 3.62. The minimum atomic E-state index is -0.239. The van der Waals surface area contributed by atoms with Gasteiger partial charge in [-0.15, -0.1) is 10.2 Å². The molecule has 3 rings (SSSR count). The molecule has 10 heteroatoms. The van der Waals surface area contributed by atoms with E-state index >= 15 is 0 Å². The van der Waals surface area contributed by atoms with Gasteiger partial charge in [0.15, 0.2) is 22.5 Å². The fourth-order valence-electron chi connectivity index (χ4n) is 3.07. The van der Waals surface area contributed by atoms with Crippen molar-refractivity contribution in [2.75, 3.05) is 27.1 Å². The van der Waals surface area contributed by atoms with Gasteiger partial charge in [-0.2, -0.15) is 5.10 Å². The second-order valence-corrected chi connectivity index (χ2v) is 7.81. The molecule has 9 nitrogen and oxygen atoms in total. The van der Waals surface area contributed by atoms with Gasteiger partial charge in [0, 0.05) is 17.7 Å². The Morgan fingerprint density at radius 3 is 2.39 bits per heavy atom. The molecule has 3 aromatic rings. The molecule has 0 aliphatic rings. The number of carbonyl (C=O) groups excluding carboxylic acids is 1. The normalized spacial score (nSPS) is 11.2. The first-order valence-corrected chi connectivity index (χ1v) is 11.2. The van der Waals surface area contributed by atoms with Crippen molar-refractivity contribution in [3.8, 4) is 28.6 Å². The molecule has 0 aliphatic carbocycles. The summed E-state index contributed by atoms with van der Waals surface area (Å²) in [4.78, 5) is 12.4. The molecule has 1 heterocycles. The molecule has 1 aromatic heterocycles. The lowest BCUT2D eigenvalue weighted by Gasteiger charge is -2.09. The largest absolute Gasteiger partial charge is 0.497 e. The average Bonchev–Trinajstić information content (AvgIpc) is 3.28. The first-order valence-electron chi connectivity index (χ1n) is 10.3. The van der Waals surface area contributed by atoms with Crippen molar-refractivity contribution in [3.05, 3.63) is 48.0 Å². The van der Waals surface area contributed by atoms with Gasteiger partial charge >= 0.3 is 0 Å². The smallest absolute Gasteiger partial charge is 0.250 e. The Labute approximate surface area is 197 Å². The third-order valence-corrected chi connectivity index (χ3v) is 5.83. The van der Waals surface area contributed by atoms with E-state index in [9.17, 15) is 4.79 Å². The number of benzene rings is 2. The lowest BCUT2D eigenvalue weighted by molar-refractivity contribution is -0.118. The van der Waals surface area contributed by atoms with Gasteiger partial charge in [0.05, 0.1) is 32.8 Å². The fraction of sp³-hybridized carbons (Fsp3) is 0.304. The molecular formula is C23H27N5O4S. The summed E-state index contributed by atoms with van der Waals surface area (Å²) in [6.45, 7) is 4.50. The van der Waals surface area contributed by atoms with E-state index in [1.165, 1.54) is 11.8 Å². The van der Waals surface area contributed by atoms with Crippen LogP contribution in [-0.2, 0) is 11.3 Å². The van der Waals surface area contributed by atoms with Crippen LogP contribution in [0.4, 0.5) is 0 Å². The van der Waals surface area contributed by atoms with Crippen LogP contribution in [0.5, 0.6) is 17.2 Å². The minimum Gasteiger partial charge on any atom is -0.497 e. The summed E-state index contributed by atoms with van der Waals surface area (Å²) in [5, 5.41) is 13.4. The summed E-state index contributed by atoms with van der Waals surface area (Å²) in [5.41, 5.74) is 4.98. The number of nitrogens with one attached hydrogen (secondary N) is 1. The highest BCUT2D eigenvalue weighted by molar-refractivity contribution is 7.99. The van der Waals surface area contributed by atoms with Crippen LogP contribution in [-0.4, -0.2) is 53.5 Å². The summed E-state index contributed by atoms with van der Waals surface area (Å²) < 4.78 is 17.7. The van der Waals surface area contributed by atoms with Crippen LogP contribution >= 0.6 is 11.8 Å². The molecule has 0 fully saturated rings. The Morgan fingerprint density at radius 1 is 1.03 bits per heavy atom. The van der Waals surface area contributed by atoms with Gasteiger partial charge in [-0.25, -0.2) is 5.43 Å². The highest BCUT2D eigenvalue weighted by Crippen LogP contribution is 2.28. The van der Waals surface area contributed by atoms with Crippen LogP contribution in [0.3, 0.4) is 0 Å². The summed E-state index contributed by atoms with van der Waals surface area (Å²) in [7, 11) is 4.78. The second-order valence-electron chi connectivity index (χ2n) is 6.87. The first kappa shape index (κ1) is 24.1. The third-order valence-electron chi connectivity index (χ3n) is 4.86. The van der Waals surface area contributed by atoms with Crippen molar-refractivity contribution >= 4 is 23.4 Å². The highest BCUT2D eigenvalue weighted by atomic mass is 32.2. The van der Waals surface area contributed by atoms with Crippen molar-refractivity contribution in [1.29, 1.82) is 0 Å². The first-order chi connectivity index (χ1) is 16.0. The third kappa shape index (κ3) is 5.83. The lowest BCUT2D eigenvalue weighted by Crippen LogP contribution is -2.21. The zero-order valence-electron chi connectivity index (χ0n) is 19.3. The predicted molar refractivity (Wildman–Crippen MR) is 128 cm³/mol. The standard InChI is InChI=1S/C23H27N5O4S/c1-6-28-22(16-7-10-18(30-3)11-8-16)26-27-23(28)33-14-21(29)25-24-15(2)17-9-12-19(31-4)20(13-17)32-5/h7-13H,6,14H2,1-5H3,(H,25,29). The van der Waals surface area contributed by atoms with Crippen molar-refractivity contribution < 1.29 is 19.0 Å². The molecule has 0 saturated heterocycles. The Bertz CT molecular complexity index is 1130. The quantitative estimate of drug-likeness (QED) is 0.275. The molecule has 2 aromatic carbocycles. The van der Waals surface area contributed by atoms with Gasteiger partial charge in [-0.05, 0) is 56.3 Å². The Kier molecular flexibility index (Phi) is 8.31. The van der Waals surface area contributed by atoms with Crippen LogP contribution < -0.4 is 19.6 Å². The maximum atomic E-state index is 12.4. The Morgan fingerprint density at radius 2 is 1.76 bits per heavy atom. The second kappa shape index (κ2) is 11.4. The number of methoxy groups -OCH3 is 3. The van der Waals surface area contributed by atoms with Crippen LogP contribution in [0.1, 0.15) is 19.4 Å². The van der Waals surface area contributed by atoms with E-state index in [-0.39, 0.29) is 11.7 Å². The number of nitrogens with zero attached hydrogens (tertiary/aromatic N) is 4. The number of rotatable bonds is 10. The number of hydrazone groups is 1. The molecule has 1 amide bonds. The molecule has 0 radical (unpaired) electrons. The number of hydrogen-bond donors (Lipinski definition) is 1. The van der Waals surface area contributed by atoms with Crippen molar-refractivity contribution in [1.82, 2.24) is 20.2 Å². The number of thioether (sulfide) groups is 1. The molecule has 0 saturated carbocycles. The van der Waals surface area contributed by atoms with Gasteiger partial charge < -0.3 is 18.8 Å². The topological polar surface area (TPSA) is 99.9 Å².